The van der Waals surface area contributed by atoms with E-state index in [1.54, 1.807) is 12.1 Å². The summed E-state index contributed by atoms with van der Waals surface area (Å²) in [6.45, 7) is 5.69. The first-order chi connectivity index (χ1) is 9.58. The number of nitrogens with two attached hydrogens (primary N) is 1. The molecule has 0 radical (unpaired) electrons. The van der Waals surface area contributed by atoms with E-state index in [1.165, 1.54) is 12.8 Å². The first-order valence-electron chi connectivity index (χ1n) is 7.30. The summed E-state index contributed by atoms with van der Waals surface area (Å²) in [5.41, 5.74) is 8.10. The lowest BCUT2D eigenvalue weighted by molar-refractivity contribution is -0.384. The average Bonchev–Trinajstić information content (AvgIpc) is 2.89. The van der Waals surface area contributed by atoms with Crippen molar-refractivity contribution in [3.05, 3.63) is 33.9 Å². The second-order valence-corrected chi connectivity index (χ2v) is 5.51. The molecule has 1 fully saturated rings. The van der Waals surface area contributed by atoms with Crippen LogP contribution in [0.25, 0.3) is 0 Å². The molecule has 2 unspecified atom stereocenters. The third-order valence-electron chi connectivity index (χ3n) is 4.36. The molecule has 0 heterocycles. The van der Waals surface area contributed by atoms with Gasteiger partial charge >= 0.3 is 0 Å². The maximum Gasteiger partial charge on any atom is 0.269 e. The van der Waals surface area contributed by atoms with Gasteiger partial charge in [-0.05, 0) is 50.8 Å². The number of hydrogen-bond donors (Lipinski definition) is 1. The molecular formula is C15H23N3O2. The minimum atomic E-state index is -0.342. The lowest BCUT2D eigenvalue weighted by Gasteiger charge is -2.34. The van der Waals surface area contributed by atoms with Gasteiger partial charge in [-0.25, -0.2) is 0 Å². The van der Waals surface area contributed by atoms with E-state index in [0.717, 1.165) is 24.2 Å². The SMILES string of the molecule is CCN(c1ccc([N+](=O)[O-])cc1C)C1CCCC1CN. The number of non-ortho nitro benzene ring substituents is 1. The van der Waals surface area contributed by atoms with Gasteiger partial charge in [0, 0.05) is 30.4 Å². The molecule has 0 saturated heterocycles. The van der Waals surface area contributed by atoms with Crippen LogP contribution in [0.4, 0.5) is 11.4 Å². The fraction of sp³-hybridized carbons (Fsp3) is 0.600. The van der Waals surface area contributed by atoms with Gasteiger partial charge in [0.1, 0.15) is 0 Å². The number of aryl methyl sites for hydroxylation is 1. The van der Waals surface area contributed by atoms with E-state index in [-0.39, 0.29) is 10.6 Å². The third-order valence-corrected chi connectivity index (χ3v) is 4.36. The van der Waals surface area contributed by atoms with Crippen LogP contribution in [0.5, 0.6) is 0 Å². The molecule has 0 bridgehead atoms. The lowest BCUT2D eigenvalue weighted by atomic mass is 10.0. The Morgan fingerprint density at radius 1 is 1.45 bits per heavy atom. The van der Waals surface area contributed by atoms with Crippen LogP contribution in [-0.2, 0) is 0 Å². The zero-order valence-corrected chi connectivity index (χ0v) is 12.2. The molecule has 20 heavy (non-hydrogen) atoms. The maximum atomic E-state index is 10.8. The number of hydrogen-bond acceptors (Lipinski definition) is 4. The third kappa shape index (κ3) is 2.77. The Hall–Kier alpha value is -1.62. The number of rotatable bonds is 5. The van der Waals surface area contributed by atoms with Crippen molar-refractivity contribution < 1.29 is 4.92 Å². The summed E-state index contributed by atoms with van der Waals surface area (Å²) in [7, 11) is 0. The molecule has 1 aliphatic rings. The number of anilines is 1. The Morgan fingerprint density at radius 3 is 2.75 bits per heavy atom. The Balaban J connectivity index is 2.30. The molecule has 0 spiro atoms. The van der Waals surface area contributed by atoms with Gasteiger partial charge in [-0.2, -0.15) is 0 Å². The van der Waals surface area contributed by atoms with Gasteiger partial charge in [-0.15, -0.1) is 0 Å². The summed E-state index contributed by atoms with van der Waals surface area (Å²) in [4.78, 5) is 12.9. The Bertz CT molecular complexity index is 490. The van der Waals surface area contributed by atoms with Crippen molar-refractivity contribution in [3.63, 3.8) is 0 Å². The van der Waals surface area contributed by atoms with Gasteiger partial charge < -0.3 is 10.6 Å². The van der Waals surface area contributed by atoms with E-state index in [0.29, 0.717) is 18.5 Å². The Labute approximate surface area is 119 Å². The van der Waals surface area contributed by atoms with Crippen molar-refractivity contribution in [3.8, 4) is 0 Å². The molecule has 2 rings (SSSR count). The molecule has 1 aliphatic carbocycles. The maximum absolute atomic E-state index is 10.8. The molecule has 1 saturated carbocycles. The zero-order chi connectivity index (χ0) is 14.7. The van der Waals surface area contributed by atoms with E-state index >= 15 is 0 Å². The highest BCUT2D eigenvalue weighted by atomic mass is 16.6. The first kappa shape index (κ1) is 14.8. The highest BCUT2D eigenvalue weighted by Crippen LogP contribution is 2.34. The standard InChI is InChI=1S/C15H23N3O2/c1-3-17(15-6-4-5-12(15)10-16)14-8-7-13(18(19)20)9-11(14)2/h7-9,12,15H,3-6,10,16H2,1-2H3. The molecule has 2 N–H and O–H groups in total. The smallest absolute Gasteiger partial charge is 0.269 e. The molecule has 110 valence electrons. The summed E-state index contributed by atoms with van der Waals surface area (Å²) in [5, 5.41) is 10.8. The summed E-state index contributed by atoms with van der Waals surface area (Å²) < 4.78 is 0. The van der Waals surface area contributed by atoms with E-state index < -0.39 is 0 Å². The van der Waals surface area contributed by atoms with Crippen LogP contribution in [0.1, 0.15) is 31.7 Å². The van der Waals surface area contributed by atoms with Crippen LogP contribution in [0.15, 0.2) is 18.2 Å². The van der Waals surface area contributed by atoms with Gasteiger partial charge in [-0.3, -0.25) is 10.1 Å². The second kappa shape index (κ2) is 6.22. The fourth-order valence-corrected chi connectivity index (χ4v) is 3.36. The van der Waals surface area contributed by atoms with E-state index in [4.69, 9.17) is 5.73 Å². The summed E-state index contributed by atoms with van der Waals surface area (Å²) in [5.74, 6) is 0.532. The van der Waals surface area contributed by atoms with Crippen molar-refractivity contribution in [2.24, 2.45) is 11.7 Å². The van der Waals surface area contributed by atoms with Crippen molar-refractivity contribution >= 4 is 11.4 Å². The van der Waals surface area contributed by atoms with Gasteiger partial charge in [-0.1, -0.05) is 6.42 Å². The molecule has 2 atom stereocenters. The molecule has 1 aromatic rings. The highest BCUT2D eigenvalue weighted by molar-refractivity contribution is 5.58. The largest absolute Gasteiger partial charge is 0.368 e. The first-order valence-corrected chi connectivity index (χ1v) is 7.30. The molecule has 5 nitrogen and oxygen atoms in total. The van der Waals surface area contributed by atoms with Crippen molar-refractivity contribution in [2.45, 2.75) is 39.2 Å². The second-order valence-electron chi connectivity index (χ2n) is 5.51. The lowest BCUT2D eigenvalue weighted by Crippen LogP contribution is -2.40. The molecule has 0 aromatic heterocycles. The minimum Gasteiger partial charge on any atom is -0.368 e. The number of nitrogens with zero attached hydrogens (tertiary/aromatic N) is 2. The van der Waals surface area contributed by atoms with Gasteiger partial charge in [0.15, 0.2) is 0 Å². The van der Waals surface area contributed by atoms with Crippen molar-refractivity contribution in [1.82, 2.24) is 0 Å². The minimum absolute atomic E-state index is 0.157. The van der Waals surface area contributed by atoms with Crippen molar-refractivity contribution in [2.75, 3.05) is 18.0 Å². The Morgan fingerprint density at radius 2 is 2.20 bits per heavy atom. The van der Waals surface area contributed by atoms with Crippen LogP contribution >= 0.6 is 0 Å². The van der Waals surface area contributed by atoms with Crippen LogP contribution in [0.2, 0.25) is 0 Å². The van der Waals surface area contributed by atoms with Crippen LogP contribution < -0.4 is 10.6 Å². The van der Waals surface area contributed by atoms with Gasteiger partial charge in [0.25, 0.3) is 5.69 Å². The normalized spacial score (nSPS) is 21.9. The van der Waals surface area contributed by atoms with E-state index in [9.17, 15) is 10.1 Å². The van der Waals surface area contributed by atoms with Gasteiger partial charge in [0.2, 0.25) is 0 Å². The summed E-state index contributed by atoms with van der Waals surface area (Å²) in [6, 6.07) is 5.59. The van der Waals surface area contributed by atoms with Crippen LogP contribution in [0, 0.1) is 23.0 Å². The summed E-state index contributed by atoms with van der Waals surface area (Å²) >= 11 is 0. The molecule has 5 heteroatoms. The topological polar surface area (TPSA) is 72.4 Å². The van der Waals surface area contributed by atoms with Gasteiger partial charge in [0.05, 0.1) is 4.92 Å². The predicted octanol–water partition coefficient (Wildman–Crippen LogP) is 2.86. The van der Waals surface area contributed by atoms with E-state index in [2.05, 4.69) is 11.8 Å². The Kier molecular flexibility index (Phi) is 4.60. The number of nitro groups is 1. The zero-order valence-electron chi connectivity index (χ0n) is 12.2. The molecular weight excluding hydrogens is 254 g/mol. The number of nitro benzene ring substituents is 1. The molecule has 0 aliphatic heterocycles. The molecule has 0 amide bonds. The number of benzene rings is 1. The average molecular weight is 277 g/mol. The fourth-order valence-electron chi connectivity index (χ4n) is 3.36. The monoisotopic (exact) mass is 277 g/mol. The predicted molar refractivity (Wildman–Crippen MR) is 81.0 cm³/mol. The van der Waals surface area contributed by atoms with Crippen LogP contribution in [0.3, 0.4) is 0 Å². The summed E-state index contributed by atoms with van der Waals surface area (Å²) in [6.07, 6.45) is 3.56. The van der Waals surface area contributed by atoms with Crippen molar-refractivity contribution in [1.29, 1.82) is 0 Å². The quantitative estimate of drug-likeness (QED) is 0.663. The molecule has 1 aromatic carbocycles. The van der Waals surface area contributed by atoms with E-state index in [1.807, 2.05) is 13.0 Å². The highest BCUT2D eigenvalue weighted by Gasteiger charge is 2.31. The van der Waals surface area contributed by atoms with Crippen LogP contribution in [-0.4, -0.2) is 24.1 Å².